The molecule has 0 aliphatic heterocycles. The van der Waals surface area contributed by atoms with E-state index in [1.807, 2.05) is 30.3 Å². The van der Waals surface area contributed by atoms with Crippen molar-refractivity contribution in [1.82, 2.24) is 4.98 Å². The molecule has 94 valence electrons. The summed E-state index contributed by atoms with van der Waals surface area (Å²) in [4.78, 5) is 3.21. The zero-order valence-corrected chi connectivity index (χ0v) is 11.3. The van der Waals surface area contributed by atoms with Crippen molar-refractivity contribution < 1.29 is 13.3 Å². The summed E-state index contributed by atoms with van der Waals surface area (Å²) in [5.41, 5.74) is 1.15. The lowest BCUT2D eigenvalue weighted by Gasteiger charge is -2.25. The number of benzene rings is 1. The first kappa shape index (κ1) is 14.1. The Kier molecular flexibility index (Phi) is 6.10. The van der Waals surface area contributed by atoms with Crippen molar-refractivity contribution in [2.24, 2.45) is 0 Å². The van der Waals surface area contributed by atoms with Gasteiger partial charge in [-0.2, -0.15) is 0 Å². The predicted octanol–water partition coefficient (Wildman–Crippen LogP) is 1.71. The third-order valence-corrected chi connectivity index (χ3v) is 4.51. The van der Waals surface area contributed by atoms with Crippen LogP contribution in [0, 0.1) is 0 Å². The van der Waals surface area contributed by atoms with E-state index in [0.29, 0.717) is 13.2 Å². The van der Waals surface area contributed by atoms with Crippen LogP contribution in [-0.4, -0.2) is 29.8 Å². The summed E-state index contributed by atoms with van der Waals surface area (Å²) in [5.74, 6) is 0. The molecule has 0 radical (unpaired) electrons. The molecule has 0 bridgehead atoms. The van der Waals surface area contributed by atoms with Gasteiger partial charge in [-0.15, -0.1) is 6.58 Å². The molecule has 0 aliphatic carbocycles. The van der Waals surface area contributed by atoms with Gasteiger partial charge in [-0.05, 0) is 5.56 Å². The van der Waals surface area contributed by atoms with E-state index in [2.05, 4.69) is 11.6 Å². The second kappa shape index (κ2) is 7.36. The summed E-state index contributed by atoms with van der Waals surface area (Å²) < 4.78 is 16.3. The molecule has 0 fully saturated rings. The van der Waals surface area contributed by atoms with E-state index in [-0.39, 0.29) is 0 Å². The maximum absolute atomic E-state index is 5.56. The summed E-state index contributed by atoms with van der Waals surface area (Å²) in [6.45, 7) is 4.65. The van der Waals surface area contributed by atoms with E-state index < -0.39 is 8.97 Å². The molecule has 0 unspecified atom stereocenters. The van der Waals surface area contributed by atoms with Gasteiger partial charge in [-0.3, -0.25) is 4.98 Å². The van der Waals surface area contributed by atoms with Crippen LogP contribution in [0.1, 0.15) is 5.56 Å². The van der Waals surface area contributed by atoms with Gasteiger partial charge in [0.2, 0.25) is 0 Å². The highest BCUT2D eigenvalue weighted by Crippen LogP contribution is 2.06. The molecule has 0 aliphatic rings. The first-order valence-corrected chi connectivity index (χ1v) is 7.13. The van der Waals surface area contributed by atoms with Crippen molar-refractivity contribution in [3.05, 3.63) is 48.6 Å². The summed E-state index contributed by atoms with van der Waals surface area (Å²) in [7, 11) is 0.392. The van der Waals surface area contributed by atoms with E-state index in [1.54, 1.807) is 20.3 Å². The van der Waals surface area contributed by atoms with E-state index in [4.69, 9.17) is 13.3 Å². The highest BCUT2D eigenvalue weighted by molar-refractivity contribution is 6.57. The van der Waals surface area contributed by atoms with Gasteiger partial charge in [0.05, 0.1) is 6.61 Å². The molecule has 4 nitrogen and oxygen atoms in total. The largest absolute Gasteiger partial charge is 0.596 e. The molecule has 17 heavy (non-hydrogen) atoms. The van der Waals surface area contributed by atoms with Crippen molar-refractivity contribution in [2.45, 2.75) is 6.54 Å². The van der Waals surface area contributed by atoms with E-state index in [0.717, 1.165) is 5.56 Å². The lowest BCUT2D eigenvalue weighted by Crippen LogP contribution is -2.57. The Hall–Kier alpha value is -0.983. The molecule has 0 aromatic heterocycles. The Labute approximate surface area is 104 Å². The summed E-state index contributed by atoms with van der Waals surface area (Å²) in [6, 6.07) is 10.0. The van der Waals surface area contributed by atoms with Gasteiger partial charge >= 0.3 is 8.97 Å². The van der Waals surface area contributed by atoms with Gasteiger partial charge in [-0.25, -0.2) is 0 Å². The number of hydrogen-bond acceptors (Lipinski definition) is 4. The molecule has 1 rings (SSSR count). The highest BCUT2D eigenvalue weighted by Gasteiger charge is 2.39. The van der Waals surface area contributed by atoms with E-state index in [1.165, 1.54) is 0 Å². The number of hydrogen-bond donors (Lipinski definition) is 1. The van der Waals surface area contributed by atoms with Gasteiger partial charge in [0.1, 0.15) is 0 Å². The minimum Gasteiger partial charge on any atom is -0.364 e. The van der Waals surface area contributed by atoms with Crippen molar-refractivity contribution in [2.75, 3.05) is 20.8 Å². The first-order chi connectivity index (χ1) is 8.26. The fourth-order valence-electron chi connectivity index (χ4n) is 1.37. The minimum atomic E-state index is -2.77. The second-order valence-corrected chi connectivity index (χ2v) is 5.97. The van der Waals surface area contributed by atoms with Crippen molar-refractivity contribution in [3.8, 4) is 0 Å². The maximum atomic E-state index is 5.56. The van der Waals surface area contributed by atoms with Crippen molar-refractivity contribution in [3.63, 3.8) is 0 Å². The van der Waals surface area contributed by atoms with E-state index >= 15 is 0 Å². The average Bonchev–Trinajstić information content (AvgIpc) is 2.41. The second-order valence-electron chi connectivity index (χ2n) is 3.40. The van der Waals surface area contributed by atoms with Crippen molar-refractivity contribution in [1.29, 1.82) is 0 Å². The normalized spacial score (nSPS) is 11.4. The molecule has 0 amide bonds. The highest BCUT2D eigenvalue weighted by atomic mass is 28.4. The molecule has 0 spiro atoms. The topological polar surface area (TPSA) is 39.7 Å². The van der Waals surface area contributed by atoms with Crippen LogP contribution in [0.5, 0.6) is 0 Å². The molecule has 1 N–H and O–H groups in total. The molecular formula is C12H19NO3Si. The maximum Gasteiger partial charge on any atom is 0.596 e. The SMILES string of the molecule is C=CCO[Si](NCc1ccccc1)(OC)OC. The third kappa shape index (κ3) is 4.41. The summed E-state index contributed by atoms with van der Waals surface area (Å²) >= 11 is 0. The molecule has 0 saturated carbocycles. The average molecular weight is 253 g/mol. The lowest BCUT2D eigenvalue weighted by atomic mass is 10.2. The van der Waals surface area contributed by atoms with E-state index in [9.17, 15) is 0 Å². The van der Waals surface area contributed by atoms with Crippen LogP contribution in [0.15, 0.2) is 43.0 Å². The quantitative estimate of drug-likeness (QED) is 0.565. The number of rotatable bonds is 8. The predicted molar refractivity (Wildman–Crippen MR) is 69.2 cm³/mol. The van der Waals surface area contributed by atoms with Crippen LogP contribution in [0.25, 0.3) is 0 Å². The van der Waals surface area contributed by atoms with Crippen LogP contribution in [-0.2, 0) is 19.8 Å². The van der Waals surface area contributed by atoms with Gasteiger partial charge in [0.25, 0.3) is 0 Å². The monoisotopic (exact) mass is 253 g/mol. The first-order valence-electron chi connectivity index (χ1n) is 5.40. The van der Waals surface area contributed by atoms with Crippen LogP contribution in [0.4, 0.5) is 0 Å². The minimum absolute atomic E-state index is 0.399. The molecule has 1 aromatic rings. The van der Waals surface area contributed by atoms with Gasteiger partial charge in [-0.1, -0.05) is 36.4 Å². The Bertz CT molecular complexity index is 328. The van der Waals surface area contributed by atoms with Crippen LogP contribution in [0.2, 0.25) is 0 Å². The summed E-state index contributed by atoms with van der Waals surface area (Å²) in [6.07, 6.45) is 1.67. The smallest absolute Gasteiger partial charge is 0.364 e. The Morgan fingerprint density at radius 1 is 1.24 bits per heavy atom. The zero-order valence-electron chi connectivity index (χ0n) is 10.3. The Morgan fingerprint density at radius 2 is 1.88 bits per heavy atom. The van der Waals surface area contributed by atoms with Crippen LogP contribution in [0.3, 0.4) is 0 Å². The molecule has 1 aromatic carbocycles. The molecule has 0 heterocycles. The lowest BCUT2D eigenvalue weighted by molar-refractivity contribution is 0.0964. The van der Waals surface area contributed by atoms with Crippen molar-refractivity contribution >= 4 is 8.97 Å². The van der Waals surface area contributed by atoms with Gasteiger partial charge in [0.15, 0.2) is 0 Å². The number of nitrogens with one attached hydrogen (secondary N) is 1. The molecule has 0 atom stereocenters. The molecule has 0 saturated heterocycles. The Balaban J connectivity index is 2.57. The zero-order chi connectivity index (χ0) is 12.6. The molecule has 5 heteroatoms. The fraction of sp³-hybridized carbons (Fsp3) is 0.333. The fourth-order valence-corrected chi connectivity index (χ4v) is 2.92. The van der Waals surface area contributed by atoms with Crippen LogP contribution < -0.4 is 4.98 Å². The Morgan fingerprint density at radius 3 is 2.41 bits per heavy atom. The van der Waals surface area contributed by atoms with Crippen LogP contribution >= 0.6 is 0 Å². The standard InChI is InChI=1S/C12H19NO3Si/c1-4-10-16-17(14-2,15-3)13-11-12-8-6-5-7-9-12/h4-9,13H,1,10-11H2,2-3H3. The van der Waals surface area contributed by atoms with Gasteiger partial charge < -0.3 is 13.3 Å². The molecular weight excluding hydrogens is 234 g/mol. The third-order valence-electron chi connectivity index (χ3n) is 2.28. The summed E-state index contributed by atoms with van der Waals surface area (Å²) in [5, 5.41) is 0. The van der Waals surface area contributed by atoms with Gasteiger partial charge in [0, 0.05) is 20.8 Å².